The highest BCUT2D eigenvalue weighted by atomic mass is 32.1. The Bertz CT molecular complexity index is 662. The third kappa shape index (κ3) is 6.66. The van der Waals surface area contributed by atoms with E-state index < -0.39 is 0 Å². The lowest BCUT2D eigenvalue weighted by Crippen LogP contribution is -2.58. The quantitative estimate of drug-likeness (QED) is 0.504. The smallest absolute Gasteiger partial charge is 0.245 e. The van der Waals surface area contributed by atoms with Gasteiger partial charge in [-0.2, -0.15) is 0 Å². The van der Waals surface area contributed by atoms with E-state index in [0.717, 1.165) is 64.0 Å². The number of likely N-dealkylation sites (tertiary alicyclic amines) is 1. The Morgan fingerprint density at radius 3 is 2.75 bits per heavy atom. The van der Waals surface area contributed by atoms with Gasteiger partial charge in [-0.15, -0.1) is 0 Å². The molecule has 7 heteroatoms. The van der Waals surface area contributed by atoms with Crippen LogP contribution < -0.4 is 16.0 Å². The number of hydrogen-bond acceptors (Lipinski definition) is 4. The van der Waals surface area contributed by atoms with Crippen LogP contribution in [0.4, 0.5) is 0 Å². The van der Waals surface area contributed by atoms with Crippen LogP contribution in [0.15, 0.2) is 0 Å². The molecule has 3 N–H and O–H groups in total. The molecule has 1 saturated carbocycles. The minimum atomic E-state index is -0.322. The molecule has 0 aromatic heterocycles. The Hall–Kier alpha value is -1.21. The maximum Gasteiger partial charge on any atom is 0.245 e. The summed E-state index contributed by atoms with van der Waals surface area (Å²) in [7, 11) is 0. The van der Waals surface area contributed by atoms with Crippen molar-refractivity contribution in [2.75, 3.05) is 26.2 Å². The average molecular weight is 465 g/mol. The molecule has 2 atom stereocenters. The zero-order valence-corrected chi connectivity index (χ0v) is 21.2. The number of thiocarbonyl (C=S) groups is 1. The third-order valence-corrected chi connectivity index (χ3v) is 8.05. The van der Waals surface area contributed by atoms with E-state index in [1.54, 1.807) is 0 Å². The Labute approximate surface area is 200 Å². The molecule has 0 aromatic rings. The highest BCUT2D eigenvalue weighted by molar-refractivity contribution is 7.80. The van der Waals surface area contributed by atoms with Gasteiger partial charge in [-0.05, 0) is 56.4 Å². The van der Waals surface area contributed by atoms with Crippen molar-refractivity contribution in [2.45, 2.75) is 97.1 Å². The molecule has 0 bridgehead atoms. The van der Waals surface area contributed by atoms with Gasteiger partial charge in [0.2, 0.25) is 11.8 Å². The monoisotopic (exact) mass is 464 g/mol. The first-order chi connectivity index (χ1) is 15.3. The summed E-state index contributed by atoms with van der Waals surface area (Å²) < 4.78 is 0. The van der Waals surface area contributed by atoms with Gasteiger partial charge >= 0.3 is 0 Å². The van der Waals surface area contributed by atoms with Crippen LogP contribution in [0.25, 0.3) is 0 Å². The first-order valence-corrected chi connectivity index (χ1v) is 13.3. The molecular formula is C25H44N4O2S. The maximum atomic E-state index is 13.7. The molecule has 2 aliphatic heterocycles. The lowest BCUT2D eigenvalue weighted by molar-refractivity contribution is -0.137. The van der Waals surface area contributed by atoms with Crippen molar-refractivity contribution in [2.24, 2.45) is 17.3 Å². The SMILES string of the molecule is CCCCC1CC(C(=O)NC[C@H]2CCCN2C(=O)[C@H]2NC(=S)CNCCCCC2(C)C)C1. The Kier molecular flexibility index (Phi) is 9.35. The summed E-state index contributed by atoms with van der Waals surface area (Å²) in [5.74, 6) is 1.22. The minimum absolute atomic E-state index is 0.0853. The molecule has 0 aromatic carbocycles. The molecule has 3 aliphatic rings. The van der Waals surface area contributed by atoms with Gasteiger partial charge < -0.3 is 20.9 Å². The number of rotatable bonds is 7. The van der Waals surface area contributed by atoms with Crippen molar-refractivity contribution in [1.82, 2.24) is 20.9 Å². The first-order valence-electron chi connectivity index (χ1n) is 12.9. The first kappa shape index (κ1) is 25.4. The molecule has 0 spiro atoms. The van der Waals surface area contributed by atoms with E-state index in [0.29, 0.717) is 18.1 Å². The molecule has 3 rings (SSSR count). The lowest BCUT2D eigenvalue weighted by atomic mass is 9.72. The number of nitrogens with zero attached hydrogens (tertiary/aromatic N) is 1. The van der Waals surface area contributed by atoms with Crippen molar-refractivity contribution in [3.63, 3.8) is 0 Å². The van der Waals surface area contributed by atoms with Gasteiger partial charge in [-0.3, -0.25) is 9.59 Å². The van der Waals surface area contributed by atoms with E-state index >= 15 is 0 Å². The van der Waals surface area contributed by atoms with Crippen molar-refractivity contribution in [1.29, 1.82) is 0 Å². The zero-order valence-electron chi connectivity index (χ0n) is 20.4. The molecule has 2 saturated heterocycles. The molecule has 182 valence electrons. The fourth-order valence-electron chi connectivity index (χ4n) is 5.53. The second kappa shape index (κ2) is 11.8. The van der Waals surface area contributed by atoms with Gasteiger partial charge in [0.05, 0.1) is 4.99 Å². The van der Waals surface area contributed by atoms with Gasteiger partial charge in [-0.25, -0.2) is 0 Å². The largest absolute Gasteiger partial charge is 0.367 e. The summed E-state index contributed by atoms with van der Waals surface area (Å²) >= 11 is 5.53. The van der Waals surface area contributed by atoms with Crippen LogP contribution >= 0.6 is 12.2 Å². The normalized spacial score (nSPS) is 30.8. The van der Waals surface area contributed by atoms with Crippen molar-refractivity contribution in [3.05, 3.63) is 0 Å². The van der Waals surface area contributed by atoms with Crippen molar-refractivity contribution in [3.8, 4) is 0 Å². The highest BCUT2D eigenvalue weighted by Crippen LogP contribution is 2.37. The van der Waals surface area contributed by atoms with Crippen LogP contribution in [-0.4, -0.2) is 60.0 Å². The van der Waals surface area contributed by atoms with Crippen molar-refractivity contribution >= 4 is 29.0 Å². The summed E-state index contributed by atoms with van der Waals surface area (Å²) in [5, 5.41) is 9.92. The second-order valence-electron chi connectivity index (χ2n) is 10.9. The number of nitrogens with one attached hydrogen (secondary N) is 3. The predicted molar refractivity (Wildman–Crippen MR) is 134 cm³/mol. The summed E-state index contributed by atoms with van der Waals surface area (Å²) in [6.45, 7) is 9.50. The van der Waals surface area contributed by atoms with Crippen LogP contribution in [0.3, 0.4) is 0 Å². The van der Waals surface area contributed by atoms with Gasteiger partial charge in [-0.1, -0.05) is 58.7 Å². The summed E-state index contributed by atoms with van der Waals surface area (Å²) in [6, 6.07) is -0.237. The molecular weight excluding hydrogens is 420 g/mol. The van der Waals surface area contributed by atoms with E-state index in [2.05, 4.69) is 36.7 Å². The Balaban J connectivity index is 1.55. The number of carbonyl (C=O) groups excluding carboxylic acids is 2. The molecule has 2 amide bonds. The Morgan fingerprint density at radius 1 is 1.22 bits per heavy atom. The summed E-state index contributed by atoms with van der Waals surface area (Å²) in [4.78, 5) is 29.0. The average Bonchev–Trinajstić information content (AvgIpc) is 3.19. The zero-order chi connectivity index (χ0) is 23.1. The Morgan fingerprint density at radius 2 is 2.00 bits per heavy atom. The standard InChI is InChI=1S/C25H44N4O2S/c1-4-5-9-18-14-19(15-18)23(30)27-16-20-10-8-13-29(20)24(31)22-25(2,3)11-6-7-12-26-17-21(32)28-22/h18-20,22,26H,4-17H2,1-3H3,(H,27,30)(H,28,32)/t18?,19?,20-,22-/m1/s1. The van der Waals surface area contributed by atoms with Crippen LogP contribution in [0.5, 0.6) is 0 Å². The van der Waals surface area contributed by atoms with Crippen LogP contribution in [0.1, 0.15) is 85.0 Å². The van der Waals surface area contributed by atoms with E-state index in [9.17, 15) is 9.59 Å². The number of amides is 2. The van der Waals surface area contributed by atoms with Crippen LogP contribution in [0, 0.1) is 17.3 Å². The number of hydrogen-bond donors (Lipinski definition) is 3. The fraction of sp³-hybridized carbons (Fsp3) is 0.880. The summed E-state index contributed by atoms with van der Waals surface area (Å²) in [5.41, 5.74) is -0.172. The van der Waals surface area contributed by atoms with Crippen LogP contribution in [-0.2, 0) is 9.59 Å². The van der Waals surface area contributed by atoms with Gasteiger partial charge in [0.1, 0.15) is 6.04 Å². The topological polar surface area (TPSA) is 73.5 Å². The molecule has 3 fully saturated rings. The van der Waals surface area contributed by atoms with E-state index in [1.807, 2.05) is 4.90 Å². The molecule has 6 nitrogen and oxygen atoms in total. The molecule has 0 radical (unpaired) electrons. The van der Waals surface area contributed by atoms with Gasteiger partial charge in [0.25, 0.3) is 0 Å². The molecule has 32 heavy (non-hydrogen) atoms. The van der Waals surface area contributed by atoms with E-state index in [1.165, 1.54) is 19.3 Å². The van der Waals surface area contributed by atoms with E-state index in [4.69, 9.17) is 12.2 Å². The number of unbranched alkanes of at least 4 members (excludes halogenated alkanes) is 1. The van der Waals surface area contributed by atoms with Crippen molar-refractivity contribution < 1.29 is 9.59 Å². The predicted octanol–water partition coefficient (Wildman–Crippen LogP) is 3.40. The molecule has 1 aliphatic carbocycles. The van der Waals surface area contributed by atoms with Gasteiger partial charge in [0, 0.05) is 31.6 Å². The maximum absolute atomic E-state index is 13.7. The number of carbonyl (C=O) groups is 2. The van der Waals surface area contributed by atoms with Crippen LogP contribution in [0.2, 0.25) is 0 Å². The van der Waals surface area contributed by atoms with Gasteiger partial charge in [0.15, 0.2) is 0 Å². The molecule has 2 heterocycles. The summed E-state index contributed by atoms with van der Waals surface area (Å²) in [6.07, 6.45) is 10.9. The highest BCUT2D eigenvalue weighted by Gasteiger charge is 2.41. The fourth-order valence-corrected chi connectivity index (χ4v) is 5.75. The third-order valence-electron chi connectivity index (χ3n) is 7.79. The second-order valence-corrected chi connectivity index (χ2v) is 11.4. The lowest BCUT2D eigenvalue weighted by Gasteiger charge is -2.39. The minimum Gasteiger partial charge on any atom is -0.367 e. The molecule has 0 unspecified atom stereocenters. The van der Waals surface area contributed by atoms with E-state index in [-0.39, 0.29) is 35.2 Å².